The fourth-order valence-electron chi connectivity index (χ4n) is 2.19. The Hall–Kier alpha value is -0.860. The van der Waals surface area contributed by atoms with E-state index in [1.165, 1.54) is 0 Å². The van der Waals surface area contributed by atoms with Crippen molar-refractivity contribution in [1.82, 2.24) is 5.32 Å². The first-order chi connectivity index (χ1) is 7.58. The van der Waals surface area contributed by atoms with Crippen LogP contribution >= 0.6 is 11.6 Å². The van der Waals surface area contributed by atoms with Crippen LogP contribution in [0.1, 0.15) is 36.2 Å². The van der Waals surface area contributed by atoms with Gasteiger partial charge in [-0.15, -0.1) is 0 Å². The summed E-state index contributed by atoms with van der Waals surface area (Å²) in [7, 11) is 0. The molecule has 1 aromatic rings. The predicted molar refractivity (Wildman–Crippen MR) is 66.2 cm³/mol. The first-order valence-electron chi connectivity index (χ1n) is 5.66. The first-order valence-corrected chi connectivity index (χ1v) is 6.04. The lowest BCUT2D eigenvalue weighted by atomic mass is 9.87. The van der Waals surface area contributed by atoms with Crippen LogP contribution in [-0.2, 0) is 6.42 Å². The summed E-state index contributed by atoms with van der Waals surface area (Å²) in [5.74, 6) is 0.201. The zero-order valence-corrected chi connectivity index (χ0v) is 10.3. The maximum atomic E-state index is 12.2. The molecule has 1 aliphatic rings. The zero-order valence-electron chi connectivity index (χ0n) is 9.59. The van der Waals surface area contributed by atoms with Crippen molar-refractivity contribution in [3.8, 4) is 0 Å². The van der Waals surface area contributed by atoms with Crippen LogP contribution in [0.25, 0.3) is 0 Å². The Morgan fingerprint density at radius 3 is 2.88 bits per heavy atom. The number of hydrogen-bond acceptors (Lipinski definition) is 2. The lowest BCUT2D eigenvalue weighted by molar-refractivity contribution is 0.0922. The summed E-state index contributed by atoms with van der Waals surface area (Å²) in [4.78, 5) is 12.2. The molecule has 86 valence electrons. The lowest BCUT2D eigenvalue weighted by Crippen LogP contribution is -2.43. The van der Waals surface area contributed by atoms with E-state index in [-0.39, 0.29) is 11.8 Å². The van der Waals surface area contributed by atoms with Crippen molar-refractivity contribution in [3.63, 3.8) is 0 Å². The highest BCUT2D eigenvalue weighted by Crippen LogP contribution is 2.24. The van der Waals surface area contributed by atoms with Gasteiger partial charge in [0.15, 0.2) is 5.78 Å². The minimum absolute atomic E-state index is 0.0336. The number of rotatable bonds is 2. The normalized spacial score (nSPS) is 20.0. The van der Waals surface area contributed by atoms with Crippen molar-refractivity contribution >= 4 is 17.4 Å². The number of nitrogens with one attached hydrogen (secondary N) is 1. The minimum atomic E-state index is -0.0336. The van der Waals surface area contributed by atoms with E-state index in [9.17, 15) is 4.79 Å². The third-order valence-electron chi connectivity index (χ3n) is 2.89. The van der Waals surface area contributed by atoms with E-state index in [0.29, 0.717) is 11.1 Å². The number of benzene rings is 1. The highest BCUT2D eigenvalue weighted by atomic mass is 35.5. The molecule has 1 atom stereocenters. The number of aryl methyl sites for hydroxylation is 1. The zero-order chi connectivity index (χ0) is 11.7. The maximum Gasteiger partial charge on any atom is 0.180 e. The summed E-state index contributed by atoms with van der Waals surface area (Å²) >= 11 is 5.92. The van der Waals surface area contributed by atoms with E-state index in [0.717, 1.165) is 24.0 Å². The second kappa shape index (κ2) is 4.56. The van der Waals surface area contributed by atoms with Crippen molar-refractivity contribution in [3.05, 3.63) is 34.3 Å². The van der Waals surface area contributed by atoms with Crippen LogP contribution in [0.2, 0.25) is 5.02 Å². The molecule has 0 aromatic heterocycles. The number of hydrogen-bond donors (Lipinski definition) is 1. The molecule has 3 heteroatoms. The molecule has 1 aromatic carbocycles. The Labute approximate surface area is 101 Å². The van der Waals surface area contributed by atoms with Gasteiger partial charge in [-0.3, -0.25) is 4.79 Å². The maximum absolute atomic E-state index is 12.2. The number of fused-ring (bicyclic) bond motifs is 1. The number of carbonyl (C=O) groups is 1. The summed E-state index contributed by atoms with van der Waals surface area (Å²) < 4.78 is 0. The molecular formula is C13H16ClNO. The second-order valence-electron chi connectivity index (χ2n) is 4.58. The number of ketones is 1. The van der Waals surface area contributed by atoms with E-state index in [4.69, 9.17) is 11.6 Å². The topological polar surface area (TPSA) is 29.1 Å². The van der Waals surface area contributed by atoms with Gasteiger partial charge in [0.2, 0.25) is 0 Å². The van der Waals surface area contributed by atoms with Gasteiger partial charge in [-0.05, 0) is 36.6 Å². The molecule has 0 spiro atoms. The summed E-state index contributed by atoms with van der Waals surface area (Å²) in [5, 5.41) is 4.01. The molecule has 0 heterocycles. The van der Waals surface area contributed by atoms with E-state index in [2.05, 4.69) is 19.2 Å². The van der Waals surface area contributed by atoms with Crippen molar-refractivity contribution in [2.75, 3.05) is 0 Å². The SMILES string of the molecule is CC(C)NC1CCc2cc(Cl)ccc2C1=O. The Morgan fingerprint density at radius 2 is 2.19 bits per heavy atom. The lowest BCUT2D eigenvalue weighted by Gasteiger charge is -2.26. The first kappa shape index (κ1) is 11.6. The highest BCUT2D eigenvalue weighted by Gasteiger charge is 2.27. The Bertz CT molecular complexity index is 414. The number of Topliss-reactive ketones (excluding diaryl/α,β-unsaturated/α-hetero) is 1. The van der Waals surface area contributed by atoms with Gasteiger partial charge in [0.1, 0.15) is 0 Å². The van der Waals surface area contributed by atoms with Crippen LogP contribution in [0.15, 0.2) is 18.2 Å². The Morgan fingerprint density at radius 1 is 1.44 bits per heavy atom. The molecule has 0 amide bonds. The Balaban J connectivity index is 2.25. The van der Waals surface area contributed by atoms with Crippen LogP contribution in [0, 0.1) is 0 Å². The quantitative estimate of drug-likeness (QED) is 0.857. The largest absolute Gasteiger partial charge is 0.305 e. The molecule has 2 rings (SSSR count). The molecular weight excluding hydrogens is 222 g/mol. The van der Waals surface area contributed by atoms with Crippen LogP contribution in [0.3, 0.4) is 0 Å². The third kappa shape index (κ3) is 2.28. The standard InChI is InChI=1S/C13H16ClNO/c1-8(2)15-12-6-3-9-7-10(14)4-5-11(9)13(12)16/h4-5,7-8,12,15H,3,6H2,1-2H3. The van der Waals surface area contributed by atoms with Gasteiger partial charge < -0.3 is 5.32 Å². The van der Waals surface area contributed by atoms with Crippen molar-refractivity contribution < 1.29 is 4.79 Å². The van der Waals surface area contributed by atoms with Gasteiger partial charge in [-0.25, -0.2) is 0 Å². The number of halogens is 1. The number of carbonyl (C=O) groups excluding carboxylic acids is 1. The predicted octanol–water partition coefficient (Wildman–Crippen LogP) is 2.84. The average Bonchev–Trinajstić information content (AvgIpc) is 2.22. The molecule has 0 saturated carbocycles. The monoisotopic (exact) mass is 237 g/mol. The van der Waals surface area contributed by atoms with Gasteiger partial charge in [-0.1, -0.05) is 25.4 Å². The van der Waals surface area contributed by atoms with Crippen LogP contribution in [-0.4, -0.2) is 17.9 Å². The van der Waals surface area contributed by atoms with Gasteiger partial charge in [0, 0.05) is 16.6 Å². The summed E-state index contributed by atoms with van der Waals surface area (Å²) in [6.07, 6.45) is 1.79. The molecule has 0 aliphatic heterocycles. The van der Waals surface area contributed by atoms with E-state index >= 15 is 0 Å². The van der Waals surface area contributed by atoms with Crippen molar-refractivity contribution in [2.45, 2.75) is 38.8 Å². The molecule has 0 radical (unpaired) electrons. The Kier molecular flexibility index (Phi) is 3.31. The summed E-state index contributed by atoms with van der Waals surface area (Å²) in [6.45, 7) is 4.12. The van der Waals surface area contributed by atoms with Crippen molar-refractivity contribution in [1.29, 1.82) is 0 Å². The van der Waals surface area contributed by atoms with Crippen LogP contribution < -0.4 is 5.32 Å². The summed E-state index contributed by atoms with van der Waals surface area (Å²) in [5.41, 5.74) is 1.91. The van der Waals surface area contributed by atoms with Gasteiger partial charge in [-0.2, -0.15) is 0 Å². The van der Waals surface area contributed by atoms with E-state index in [1.807, 2.05) is 12.1 Å². The van der Waals surface area contributed by atoms with Gasteiger partial charge in [0.05, 0.1) is 6.04 Å². The molecule has 1 unspecified atom stereocenters. The molecule has 16 heavy (non-hydrogen) atoms. The fourth-order valence-corrected chi connectivity index (χ4v) is 2.38. The molecule has 1 N–H and O–H groups in total. The summed E-state index contributed by atoms with van der Waals surface area (Å²) in [6, 6.07) is 5.83. The van der Waals surface area contributed by atoms with Gasteiger partial charge in [0.25, 0.3) is 0 Å². The fraction of sp³-hybridized carbons (Fsp3) is 0.462. The van der Waals surface area contributed by atoms with Crippen molar-refractivity contribution in [2.24, 2.45) is 0 Å². The molecule has 2 nitrogen and oxygen atoms in total. The molecule has 1 aliphatic carbocycles. The molecule has 0 saturated heterocycles. The second-order valence-corrected chi connectivity index (χ2v) is 5.01. The average molecular weight is 238 g/mol. The van der Waals surface area contributed by atoms with E-state index < -0.39 is 0 Å². The van der Waals surface area contributed by atoms with E-state index in [1.54, 1.807) is 6.07 Å². The molecule has 0 fully saturated rings. The van der Waals surface area contributed by atoms with Crippen LogP contribution in [0.4, 0.5) is 0 Å². The third-order valence-corrected chi connectivity index (χ3v) is 3.12. The van der Waals surface area contributed by atoms with Gasteiger partial charge >= 0.3 is 0 Å². The highest BCUT2D eigenvalue weighted by molar-refractivity contribution is 6.30. The molecule has 0 bridgehead atoms. The smallest absolute Gasteiger partial charge is 0.180 e. The van der Waals surface area contributed by atoms with Crippen LogP contribution in [0.5, 0.6) is 0 Å². The minimum Gasteiger partial charge on any atom is -0.305 e.